The van der Waals surface area contributed by atoms with E-state index in [0.717, 1.165) is 11.1 Å². The molecular formula is C32H44N4O7. The van der Waals surface area contributed by atoms with Gasteiger partial charge in [0.1, 0.15) is 23.4 Å². The van der Waals surface area contributed by atoms with Crippen molar-refractivity contribution >= 4 is 23.8 Å². The van der Waals surface area contributed by atoms with Crippen molar-refractivity contribution < 1.29 is 33.8 Å². The van der Waals surface area contributed by atoms with Crippen molar-refractivity contribution in [3.05, 3.63) is 65.7 Å². The highest BCUT2D eigenvalue weighted by atomic mass is 16.6. The van der Waals surface area contributed by atoms with Gasteiger partial charge in [-0.2, -0.15) is 0 Å². The van der Waals surface area contributed by atoms with Gasteiger partial charge in [0.05, 0.1) is 12.6 Å². The van der Waals surface area contributed by atoms with Gasteiger partial charge < -0.3 is 35.8 Å². The van der Waals surface area contributed by atoms with Gasteiger partial charge in [0.15, 0.2) is 6.10 Å². The number of carbonyl (C=O) groups excluding carboxylic acids is 4. The number of nitrogens with one attached hydrogen (secondary N) is 4. The van der Waals surface area contributed by atoms with Gasteiger partial charge in [-0.15, -0.1) is 0 Å². The maximum atomic E-state index is 13.6. The Bertz CT molecular complexity index is 1230. The highest BCUT2D eigenvalue weighted by Gasteiger charge is 2.34. The van der Waals surface area contributed by atoms with E-state index in [1.54, 1.807) is 45.0 Å². The van der Waals surface area contributed by atoms with Crippen molar-refractivity contribution in [2.75, 3.05) is 13.2 Å². The summed E-state index contributed by atoms with van der Waals surface area (Å²) < 4.78 is 11.1. The molecule has 0 radical (unpaired) electrons. The Hall–Kier alpha value is -4.12. The average molecular weight is 597 g/mol. The topological polar surface area (TPSA) is 155 Å². The third-order valence-electron chi connectivity index (χ3n) is 6.78. The van der Waals surface area contributed by atoms with Crippen LogP contribution < -0.4 is 26.0 Å². The third-order valence-corrected chi connectivity index (χ3v) is 6.78. The quantitative estimate of drug-likeness (QED) is 0.328. The van der Waals surface area contributed by atoms with E-state index in [-0.39, 0.29) is 24.7 Å². The summed E-state index contributed by atoms with van der Waals surface area (Å²) in [6, 6.07) is 13.2. The third kappa shape index (κ3) is 10.9. The molecule has 0 saturated carbocycles. The van der Waals surface area contributed by atoms with Crippen LogP contribution in [0.4, 0.5) is 4.79 Å². The minimum atomic E-state index is -1.72. The van der Waals surface area contributed by atoms with E-state index in [9.17, 15) is 24.3 Å². The summed E-state index contributed by atoms with van der Waals surface area (Å²) in [5, 5.41) is 22.1. The van der Waals surface area contributed by atoms with Crippen LogP contribution in [0.5, 0.6) is 5.75 Å². The summed E-state index contributed by atoms with van der Waals surface area (Å²) in [6.07, 6.45) is -1.72. The van der Waals surface area contributed by atoms with Crippen LogP contribution in [0, 0.1) is 5.92 Å². The van der Waals surface area contributed by atoms with Gasteiger partial charge in [-0.1, -0.05) is 56.3 Å². The van der Waals surface area contributed by atoms with Gasteiger partial charge in [0.2, 0.25) is 11.8 Å². The number of carbonyl (C=O) groups is 4. The second-order valence-electron chi connectivity index (χ2n) is 12.0. The summed E-state index contributed by atoms with van der Waals surface area (Å²) in [5.74, 6) is -1.37. The number of amides is 4. The highest BCUT2D eigenvalue weighted by molar-refractivity contribution is 5.93. The maximum absolute atomic E-state index is 13.6. The van der Waals surface area contributed by atoms with E-state index in [0.29, 0.717) is 25.3 Å². The number of hydrogen-bond donors (Lipinski definition) is 5. The van der Waals surface area contributed by atoms with E-state index >= 15 is 0 Å². The van der Waals surface area contributed by atoms with E-state index in [4.69, 9.17) is 9.47 Å². The van der Waals surface area contributed by atoms with Crippen molar-refractivity contribution in [2.24, 2.45) is 5.92 Å². The van der Waals surface area contributed by atoms with Gasteiger partial charge >= 0.3 is 6.09 Å². The van der Waals surface area contributed by atoms with Crippen LogP contribution in [-0.4, -0.2) is 71.9 Å². The Balaban J connectivity index is 1.86. The summed E-state index contributed by atoms with van der Waals surface area (Å²) in [5.41, 5.74) is 0.711. The van der Waals surface area contributed by atoms with Gasteiger partial charge in [0, 0.05) is 13.0 Å². The standard InChI is InChI=1S/C32H44N4O7/c1-20(2)26-29(39)33-16-9-17-42-23-14-12-22(13-15-23)19-25(28(38)36-26)34-30(40)27(37)24(18-21-10-7-6-8-11-21)35-31(41)43-32(3,4)5/h6-8,10-15,20,24-27,37H,9,16-19H2,1-5H3,(H,33,39)(H,34,40)(H,35,41)(H,36,38)/t24-,25-,26-,27-/m0/s1. The Morgan fingerprint density at radius 1 is 1.05 bits per heavy atom. The number of fused-ring (bicyclic) bond motifs is 12. The molecule has 11 heteroatoms. The van der Waals surface area contributed by atoms with Crippen LogP contribution in [-0.2, 0) is 32.0 Å². The lowest BCUT2D eigenvalue weighted by Crippen LogP contribution is -2.59. The first kappa shape index (κ1) is 33.4. The van der Waals surface area contributed by atoms with Crippen molar-refractivity contribution in [3.8, 4) is 5.75 Å². The second kappa shape index (κ2) is 15.4. The van der Waals surface area contributed by atoms with Crippen LogP contribution in [0.15, 0.2) is 54.6 Å². The maximum Gasteiger partial charge on any atom is 0.407 e. The van der Waals surface area contributed by atoms with Gasteiger partial charge in [-0.25, -0.2) is 4.79 Å². The second-order valence-corrected chi connectivity index (χ2v) is 12.0. The van der Waals surface area contributed by atoms with Crippen LogP contribution >= 0.6 is 0 Å². The Kier molecular flexibility index (Phi) is 11.9. The molecule has 4 amide bonds. The van der Waals surface area contributed by atoms with Crippen LogP contribution in [0.25, 0.3) is 0 Å². The molecule has 2 aromatic carbocycles. The molecule has 0 saturated heterocycles. The molecule has 2 aliphatic heterocycles. The van der Waals surface area contributed by atoms with Crippen LogP contribution in [0.1, 0.15) is 52.2 Å². The number of benzene rings is 2. The van der Waals surface area contributed by atoms with E-state index in [1.165, 1.54) is 0 Å². The lowest BCUT2D eigenvalue weighted by molar-refractivity contribution is -0.136. The molecule has 234 valence electrons. The zero-order valence-electron chi connectivity index (χ0n) is 25.5. The first-order valence-corrected chi connectivity index (χ1v) is 14.6. The van der Waals surface area contributed by atoms with E-state index < -0.39 is 47.7 Å². The molecule has 2 bridgehead atoms. The summed E-state index contributed by atoms with van der Waals surface area (Å²) in [4.78, 5) is 52.6. The molecule has 0 aliphatic carbocycles. The number of aliphatic hydroxyl groups is 1. The SMILES string of the molecule is CC(C)[C@@H]1NC(=O)[C@@H](NC(=O)[C@@H](O)[C@H](Cc2ccccc2)NC(=O)OC(C)(C)C)Cc2ccc(cc2)OCCCNC1=O. The average Bonchev–Trinajstić information content (AvgIpc) is 2.94. The molecular weight excluding hydrogens is 552 g/mol. The molecule has 0 spiro atoms. The summed E-state index contributed by atoms with van der Waals surface area (Å²) >= 11 is 0. The van der Waals surface area contributed by atoms with Gasteiger partial charge in [-0.3, -0.25) is 14.4 Å². The van der Waals surface area contributed by atoms with E-state index in [1.807, 2.05) is 44.2 Å². The van der Waals surface area contributed by atoms with Gasteiger partial charge in [0.25, 0.3) is 5.91 Å². The number of rotatable bonds is 7. The minimum Gasteiger partial charge on any atom is -0.494 e. The molecule has 2 aliphatic rings. The fraction of sp³-hybridized carbons (Fsp3) is 0.500. The lowest BCUT2D eigenvalue weighted by atomic mass is 9.99. The highest BCUT2D eigenvalue weighted by Crippen LogP contribution is 2.16. The van der Waals surface area contributed by atoms with Crippen LogP contribution in [0.2, 0.25) is 0 Å². The first-order chi connectivity index (χ1) is 20.3. The molecule has 4 rings (SSSR count). The Labute approximate surface area is 253 Å². The van der Waals surface area contributed by atoms with Gasteiger partial charge in [-0.05, 0) is 62.8 Å². The molecule has 43 heavy (non-hydrogen) atoms. The number of hydrogen-bond acceptors (Lipinski definition) is 7. The van der Waals surface area contributed by atoms with Crippen molar-refractivity contribution in [2.45, 2.75) is 83.7 Å². The molecule has 0 aromatic heterocycles. The number of ether oxygens (including phenoxy) is 2. The molecule has 0 fully saturated rings. The number of aliphatic hydroxyl groups excluding tert-OH is 1. The molecule has 0 unspecified atom stereocenters. The van der Waals surface area contributed by atoms with Crippen LogP contribution in [0.3, 0.4) is 0 Å². The summed E-state index contributed by atoms with van der Waals surface area (Å²) in [6.45, 7) is 9.53. The minimum absolute atomic E-state index is 0.0832. The normalized spacial score (nSPS) is 19.5. The van der Waals surface area contributed by atoms with Crippen molar-refractivity contribution in [3.63, 3.8) is 0 Å². The smallest absolute Gasteiger partial charge is 0.407 e. The fourth-order valence-corrected chi connectivity index (χ4v) is 4.55. The predicted molar refractivity (Wildman–Crippen MR) is 161 cm³/mol. The first-order valence-electron chi connectivity index (χ1n) is 14.6. The molecule has 5 N–H and O–H groups in total. The number of alkyl carbamates (subject to hydrolysis) is 1. The molecule has 2 aromatic rings. The fourth-order valence-electron chi connectivity index (χ4n) is 4.55. The Morgan fingerprint density at radius 3 is 2.35 bits per heavy atom. The van der Waals surface area contributed by atoms with Crippen molar-refractivity contribution in [1.82, 2.24) is 21.3 Å². The zero-order chi connectivity index (χ0) is 31.6. The van der Waals surface area contributed by atoms with E-state index in [2.05, 4.69) is 21.3 Å². The summed E-state index contributed by atoms with van der Waals surface area (Å²) in [7, 11) is 0. The largest absolute Gasteiger partial charge is 0.494 e. The predicted octanol–water partition coefficient (Wildman–Crippen LogP) is 2.25. The zero-order valence-corrected chi connectivity index (χ0v) is 25.5. The molecule has 2 heterocycles. The lowest BCUT2D eigenvalue weighted by Gasteiger charge is -2.28. The Morgan fingerprint density at radius 2 is 1.72 bits per heavy atom. The van der Waals surface area contributed by atoms with Crippen molar-refractivity contribution in [1.29, 1.82) is 0 Å². The molecule has 4 atom stereocenters. The molecule has 11 nitrogen and oxygen atoms in total. The monoisotopic (exact) mass is 596 g/mol.